The molecule has 1 heterocycles. The second-order valence-corrected chi connectivity index (χ2v) is 6.36. The lowest BCUT2D eigenvalue weighted by Crippen LogP contribution is -2.43. The largest absolute Gasteiger partial charge is 0.467 e. The zero-order valence-corrected chi connectivity index (χ0v) is 14.6. The third-order valence-electron chi connectivity index (χ3n) is 2.58. The Hall–Kier alpha value is -1.30. The zero-order chi connectivity index (χ0) is 17.5. The summed E-state index contributed by atoms with van der Waals surface area (Å²) in [6, 6.07) is -0.884. The lowest BCUT2D eigenvalue weighted by Gasteiger charge is -2.27. The minimum absolute atomic E-state index is 0.0358. The van der Waals surface area contributed by atoms with Crippen molar-refractivity contribution in [1.82, 2.24) is 4.90 Å². The van der Waals surface area contributed by atoms with Crippen molar-refractivity contribution in [2.45, 2.75) is 51.9 Å². The Morgan fingerprint density at radius 3 is 2.27 bits per heavy atom. The van der Waals surface area contributed by atoms with Crippen LogP contribution in [0, 0.1) is 0 Å². The van der Waals surface area contributed by atoms with E-state index in [-0.39, 0.29) is 13.0 Å². The van der Waals surface area contributed by atoms with Crippen LogP contribution in [-0.2, 0) is 14.3 Å². The molecule has 22 heavy (non-hydrogen) atoms. The first-order chi connectivity index (χ1) is 10.0. The van der Waals surface area contributed by atoms with E-state index in [4.69, 9.17) is 16.3 Å². The van der Waals surface area contributed by atoms with Crippen molar-refractivity contribution in [3.05, 3.63) is 12.2 Å². The number of methoxy groups -OCH3 is 1. The van der Waals surface area contributed by atoms with Gasteiger partial charge in [0.25, 0.3) is 0 Å². The third-order valence-corrected chi connectivity index (χ3v) is 3.04. The molecule has 5 nitrogen and oxygen atoms in total. The van der Waals surface area contributed by atoms with Crippen molar-refractivity contribution in [2.75, 3.05) is 19.5 Å². The third kappa shape index (κ3) is 7.64. The molecule has 0 aromatic rings. The smallest absolute Gasteiger partial charge is 0.411 e. The number of ether oxygens (including phenoxy) is 2. The molecular formula is C15H25ClFNO4. The number of carbonyl (C=O) groups excluding carboxylic acids is 2. The molecule has 1 aliphatic rings. The molecule has 128 valence electrons. The molecule has 1 saturated heterocycles. The number of nitrogens with zero attached hydrogens (tertiary/aromatic N) is 1. The number of halogens is 2. The normalized spacial score (nSPS) is 20.8. The van der Waals surface area contributed by atoms with Crippen LogP contribution in [0.15, 0.2) is 12.2 Å². The summed E-state index contributed by atoms with van der Waals surface area (Å²) >= 11 is 5.24. The van der Waals surface area contributed by atoms with Crippen molar-refractivity contribution in [2.24, 2.45) is 0 Å². The predicted molar refractivity (Wildman–Crippen MR) is 83.8 cm³/mol. The Balaban J connectivity index is 0.000000763. The lowest BCUT2D eigenvalue weighted by molar-refractivity contribution is -0.145. The van der Waals surface area contributed by atoms with E-state index >= 15 is 0 Å². The highest BCUT2D eigenvalue weighted by molar-refractivity contribution is 6.19. The second-order valence-electron chi connectivity index (χ2n) is 6.10. The van der Waals surface area contributed by atoms with Gasteiger partial charge in [-0.1, -0.05) is 12.2 Å². The molecule has 1 aliphatic heterocycles. The molecule has 0 bridgehead atoms. The summed E-state index contributed by atoms with van der Waals surface area (Å²) in [7, 11) is 1.21. The molecule has 0 aliphatic carbocycles. The highest BCUT2D eigenvalue weighted by Crippen LogP contribution is 2.23. The van der Waals surface area contributed by atoms with Gasteiger partial charge in [-0.2, -0.15) is 0 Å². The summed E-state index contributed by atoms with van der Waals surface area (Å²) in [5.74, 6) is -0.0315. The van der Waals surface area contributed by atoms with Crippen LogP contribution in [0.2, 0.25) is 0 Å². The molecule has 0 saturated carbocycles. The van der Waals surface area contributed by atoms with E-state index in [0.29, 0.717) is 5.88 Å². The molecule has 0 spiro atoms. The molecule has 2 unspecified atom stereocenters. The minimum Gasteiger partial charge on any atom is -0.467 e. The number of esters is 1. The SMILES string of the molecule is C=C(C)CCl.COC(=O)C1CC(F)CN1C(=O)OC(C)(C)C. The number of carbonyl (C=O) groups is 2. The van der Waals surface area contributed by atoms with Gasteiger partial charge in [-0.05, 0) is 27.7 Å². The number of amides is 1. The van der Waals surface area contributed by atoms with E-state index in [1.54, 1.807) is 20.8 Å². The van der Waals surface area contributed by atoms with E-state index in [1.807, 2.05) is 6.92 Å². The van der Waals surface area contributed by atoms with Crippen LogP contribution in [-0.4, -0.2) is 54.3 Å². The molecule has 0 aromatic heterocycles. The van der Waals surface area contributed by atoms with Gasteiger partial charge in [0.2, 0.25) is 0 Å². The molecule has 0 aromatic carbocycles. The highest BCUT2D eigenvalue weighted by Gasteiger charge is 2.42. The van der Waals surface area contributed by atoms with Crippen LogP contribution in [0.4, 0.5) is 9.18 Å². The summed E-state index contributed by atoms with van der Waals surface area (Å²) < 4.78 is 22.9. The van der Waals surface area contributed by atoms with Crippen LogP contribution in [0.1, 0.15) is 34.1 Å². The number of allylic oxidation sites excluding steroid dienone is 1. The van der Waals surface area contributed by atoms with Gasteiger partial charge in [-0.15, -0.1) is 11.6 Å². The number of rotatable bonds is 2. The maximum absolute atomic E-state index is 13.3. The number of alkyl halides is 2. The zero-order valence-electron chi connectivity index (χ0n) is 13.8. The van der Waals surface area contributed by atoms with E-state index in [1.165, 1.54) is 7.11 Å². The van der Waals surface area contributed by atoms with Crippen molar-refractivity contribution < 1.29 is 23.5 Å². The van der Waals surface area contributed by atoms with E-state index in [9.17, 15) is 14.0 Å². The van der Waals surface area contributed by atoms with Gasteiger partial charge in [0.05, 0.1) is 13.7 Å². The average molecular weight is 338 g/mol. The summed E-state index contributed by atoms with van der Waals surface area (Å²) in [4.78, 5) is 24.3. The molecule has 1 fully saturated rings. The Morgan fingerprint density at radius 2 is 1.91 bits per heavy atom. The van der Waals surface area contributed by atoms with Crippen molar-refractivity contribution in [1.29, 1.82) is 0 Å². The fourth-order valence-electron chi connectivity index (χ4n) is 1.67. The first-order valence-electron chi connectivity index (χ1n) is 6.93. The summed E-state index contributed by atoms with van der Waals surface area (Å²) in [6.45, 7) is 10.4. The molecule has 7 heteroatoms. The van der Waals surface area contributed by atoms with Crippen LogP contribution in [0.25, 0.3) is 0 Å². The van der Waals surface area contributed by atoms with Gasteiger partial charge in [-0.25, -0.2) is 14.0 Å². The Labute approximate surface area is 136 Å². The van der Waals surface area contributed by atoms with Gasteiger partial charge in [-0.3, -0.25) is 4.90 Å². The van der Waals surface area contributed by atoms with Crippen molar-refractivity contribution in [3.8, 4) is 0 Å². The van der Waals surface area contributed by atoms with Crippen molar-refractivity contribution in [3.63, 3.8) is 0 Å². The second kappa shape index (κ2) is 8.98. The van der Waals surface area contributed by atoms with Gasteiger partial charge in [0, 0.05) is 12.3 Å². The van der Waals surface area contributed by atoms with Crippen molar-refractivity contribution >= 4 is 23.7 Å². The lowest BCUT2D eigenvalue weighted by atomic mass is 10.2. The molecule has 2 atom stereocenters. The Bertz CT molecular complexity index is 409. The monoisotopic (exact) mass is 337 g/mol. The number of hydrogen-bond acceptors (Lipinski definition) is 4. The van der Waals surface area contributed by atoms with Gasteiger partial charge >= 0.3 is 12.1 Å². The van der Waals surface area contributed by atoms with Gasteiger partial charge in [0.15, 0.2) is 0 Å². The summed E-state index contributed by atoms with van der Waals surface area (Å²) in [6.07, 6.45) is -1.94. The Morgan fingerprint density at radius 1 is 1.41 bits per heavy atom. The summed E-state index contributed by atoms with van der Waals surface area (Å²) in [5, 5.41) is 0. The molecular weight excluding hydrogens is 313 g/mol. The van der Waals surface area contributed by atoms with Crippen LogP contribution in [0.5, 0.6) is 0 Å². The predicted octanol–water partition coefficient (Wildman–Crippen LogP) is 3.31. The molecule has 0 radical (unpaired) electrons. The molecule has 0 N–H and O–H groups in total. The summed E-state index contributed by atoms with van der Waals surface area (Å²) in [5.41, 5.74) is 0.346. The van der Waals surface area contributed by atoms with Crippen LogP contribution in [0.3, 0.4) is 0 Å². The van der Waals surface area contributed by atoms with Crippen LogP contribution >= 0.6 is 11.6 Å². The maximum Gasteiger partial charge on any atom is 0.411 e. The number of likely N-dealkylation sites (tertiary alicyclic amines) is 1. The van der Waals surface area contributed by atoms with E-state index in [2.05, 4.69) is 11.3 Å². The quantitative estimate of drug-likeness (QED) is 0.440. The fourth-order valence-corrected chi connectivity index (χ4v) is 1.67. The van der Waals surface area contributed by atoms with E-state index < -0.39 is 29.9 Å². The highest BCUT2D eigenvalue weighted by atomic mass is 35.5. The fraction of sp³-hybridized carbons (Fsp3) is 0.733. The van der Waals surface area contributed by atoms with Gasteiger partial charge in [0.1, 0.15) is 17.8 Å². The number of hydrogen-bond donors (Lipinski definition) is 0. The maximum atomic E-state index is 13.3. The first kappa shape index (κ1) is 20.7. The minimum atomic E-state index is -1.22. The topological polar surface area (TPSA) is 55.8 Å². The Kier molecular flexibility index (Phi) is 8.45. The van der Waals surface area contributed by atoms with Crippen LogP contribution < -0.4 is 0 Å². The average Bonchev–Trinajstić information content (AvgIpc) is 2.78. The van der Waals surface area contributed by atoms with E-state index in [0.717, 1.165) is 10.5 Å². The standard InChI is InChI=1S/C11H18FNO4.C4H7Cl/c1-11(2,3)17-10(15)13-6-7(12)5-8(13)9(14)16-4;1-4(2)3-5/h7-8H,5-6H2,1-4H3;1,3H2,2H3. The molecule has 1 rings (SSSR count). The first-order valence-corrected chi connectivity index (χ1v) is 7.47. The molecule has 1 amide bonds. The van der Waals surface area contributed by atoms with Gasteiger partial charge < -0.3 is 9.47 Å².